The van der Waals surface area contributed by atoms with Gasteiger partial charge in [-0.25, -0.2) is 15.0 Å². The summed E-state index contributed by atoms with van der Waals surface area (Å²) in [7, 11) is 0. The number of carbonyl (C=O) groups excluding carboxylic acids is 2. The first-order valence-corrected chi connectivity index (χ1v) is 11.7. The molecule has 0 radical (unpaired) electrons. The Morgan fingerprint density at radius 2 is 2.00 bits per heavy atom. The maximum atomic E-state index is 13.0. The second-order valence-electron chi connectivity index (χ2n) is 9.14. The van der Waals surface area contributed by atoms with E-state index in [4.69, 9.17) is 10.7 Å². The molecule has 3 heterocycles. The van der Waals surface area contributed by atoms with Crippen LogP contribution in [-0.2, 0) is 11.3 Å². The van der Waals surface area contributed by atoms with Crippen molar-refractivity contribution >= 4 is 22.8 Å². The number of piperidine rings is 1. The SMILES string of the molecule is Cc1nc(C2CCCN(C(=O)CCCn3c(C(C)C)nc4ccccc43)C2)ncc1C(N)=O. The fraction of sp³-hybridized carbons (Fsp3) is 0.480. The number of carbonyl (C=O) groups is 2. The highest BCUT2D eigenvalue weighted by atomic mass is 16.2. The zero-order valence-electron chi connectivity index (χ0n) is 19.6. The fourth-order valence-corrected chi connectivity index (χ4v) is 4.65. The Balaban J connectivity index is 1.39. The van der Waals surface area contributed by atoms with Gasteiger partial charge in [0.05, 0.1) is 22.3 Å². The Bertz CT molecular complexity index is 1170. The molecule has 0 saturated carbocycles. The fourth-order valence-electron chi connectivity index (χ4n) is 4.65. The zero-order valence-corrected chi connectivity index (χ0v) is 19.6. The van der Waals surface area contributed by atoms with Crippen LogP contribution in [-0.4, -0.2) is 49.3 Å². The first kappa shape index (κ1) is 22.9. The van der Waals surface area contributed by atoms with Gasteiger partial charge in [0, 0.05) is 44.1 Å². The molecule has 0 spiro atoms. The van der Waals surface area contributed by atoms with Crippen molar-refractivity contribution in [1.29, 1.82) is 0 Å². The van der Waals surface area contributed by atoms with Gasteiger partial charge in [-0.15, -0.1) is 0 Å². The largest absolute Gasteiger partial charge is 0.365 e. The minimum atomic E-state index is -0.522. The number of imidazole rings is 1. The van der Waals surface area contributed by atoms with Crippen molar-refractivity contribution in [3.63, 3.8) is 0 Å². The monoisotopic (exact) mass is 448 g/mol. The molecule has 0 aliphatic carbocycles. The lowest BCUT2D eigenvalue weighted by Gasteiger charge is -2.32. The van der Waals surface area contributed by atoms with Crippen LogP contribution in [0.15, 0.2) is 30.5 Å². The van der Waals surface area contributed by atoms with Gasteiger partial charge in [0.15, 0.2) is 0 Å². The van der Waals surface area contributed by atoms with Gasteiger partial charge in [-0.1, -0.05) is 26.0 Å². The Kier molecular flexibility index (Phi) is 6.72. The summed E-state index contributed by atoms with van der Waals surface area (Å²) in [6.07, 6.45) is 4.61. The number of amides is 2. The van der Waals surface area contributed by atoms with Gasteiger partial charge in [0.2, 0.25) is 5.91 Å². The van der Waals surface area contributed by atoms with Crippen LogP contribution in [0.5, 0.6) is 0 Å². The van der Waals surface area contributed by atoms with Crippen molar-refractivity contribution in [1.82, 2.24) is 24.4 Å². The summed E-state index contributed by atoms with van der Waals surface area (Å²) in [5.41, 5.74) is 8.42. The maximum Gasteiger partial charge on any atom is 0.252 e. The summed E-state index contributed by atoms with van der Waals surface area (Å²) >= 11 is 0. The second kappa shape index (κ2) is 9.68. The molecule has 1 fully saturated rings. The number of para-hydroxylation sites is 2. The minimum Gasteiger partial charge on any atom is -0.365 e. The normalized spacial score (nSPS) is 16.5. The van der Waals surface area contributed by atoms with Crippen LogP contribution in [0, 0.1) is 6.92 Å². The quantitative estimate of drug-likeness (QED) is 0.595. The molecule has 1 aliphatic heterocycles. The van der Waals surface area contributed by atoms with Gasteiger partial charge in [0.1, 0.15) is 11.6 Å². The van der Waals surface area contributed by atoms with Crippen LogP contribution in [0.1, 0.15) is 79.1 Å². The molecule has 1 unspecified atom stereocenters. The Labute approximate surface area is 194 Å². The van der Waals surface area contributed by atoms with Crippen molar-refractivity contribution < 1.29 is 9.59 Å². The number of fused-ring (bicyclic) bond motifs is 1. The molecule has 174 valence electrons. The first-order valence-electron chi connectivity index (χ1n) is 11.7. The van der Waals surface area contributed by atoms with Gasteiger partial charge in [-0.3, -0.25) is 9.59 Å². The number of rotatable bonds is 7. The number of benzene rings is 1. The molecule has 8 nitrogen and oxygen atoms in total. The van der Waals surface area contributed by atoms with Crippen LogP contribution >= 0.6 is 0 Å². The maximum absolute atomic E-state index is 13.0. The third kappa shape index (κ3) is 4.89. The van der Waals surface area contributed by atoms with Crippen molar-refractivity contribution in [3.05, 3.63) is 53.4 Å². The smallest absolute Gasteiger partial charge is 0.252 e. The van der Waals surface area contributed by atoms with Gasteiger partial charge < -0.3 is 15.2 Å². The van der Waals surface area contributed by atoms with Crippen molar-refractivity contribution in [2.24, 2.45) is 5.73 Å². The van der Waals surface area contributed by atoms with Crippen LogP contribution in [0.3, 0.4) is 0 Å². The lowest BCUT2D eigenvalue weighted by molar-refractivity contribution is -0.132. The molecular weight excluding hydrogens is 416 g/mol. The Hall–Kier alpha value is -3.29. The van der Waals surface area contributed by atoms with E-state index in [1.807, 2.05) is 23.1 Å². The van der Waals surface area contributed by atoms with Gasteiger partial charge in [0.25, 0.3) is 5.91 Å². The number of aryl methyl sites for hydroxylation is 2. The lowest BCUT2D eigenvalue weighted by Crippen LogP contribution is -2.39. The minimum absolute atomic E-state index is 0.0773. The molecule has 1 aromatic carbocycles. The lowest BCUT2D eigenvalue weighted by atomic mass is 9.96. The number of nitrogens with zero attached hydrogens (tertiary/aromatic N) is 5. The predicted molar refractivity (Wildman–Crippen MR) is 127 cm³/mol. The molecule has 4 rings (SSSR count). The van der Waals surface area contributed by atoms with Gasteiger partial charge in [-0.05, 0) is 38.3 Å². The number of likely N-dealkylation sites (tertiary alicyclic amines) is 1. The number of hydrogen-bond acceptors (Lipinski definition) is 5. The van der Waals surface area contributed by atoms with Crippen molar-refractivity contribution in [2.45, 2.75) is 64.8 Å². The zero-order chi connectivity index (χ0) is 23.5. The summed E-state index contributed by atoms with van der Waals surface area (Å²) in [5.74, 6) is 1.79. The van der Waals surface area contributed by atoms with E-state index < -0.39 is 5.91 Å². The topological polar surface area (TPSA) is 107 Å². The summed E-state index contributed by atoms with van der Waals surface area (Å²) in [5, 5.41) is 0. The van der Waals surface area contributed by atoms with Crippen LogP contribution in [0.2, 0.25) is 0 Å². The molecule has 1 saturated heterocycles. The summed E-state index contributed by atoms with van der Waals surface area (Å²) in [6.45, 7) is 8.21. The molecule has 1 aliphatic rings. The van der Waals surface area contributed by atoms with Crippen LogP contribution in [0.25, 0.3) is 11.0 Å². The number of nitrogens with two attached hydrogens (primary N) is 1. The average Bonchev–Trinajstić information content (AvgIpc) is 3.18. The van der Waals surface area contributed by atoms with Crippen LogP contribution < -0.4 is 5.73 Å². The van der Waals surface area contributed by atoms with Gasteiger partial charge in [-0.2, -0.15) is 0 Å². The van der Waals surface area contributed by atoms with E-state index >= 15 is 0 Å². The van der Waals surface area contributed by atoms with Gasteiger partial charge >= 0.3 is 0 Å². The molecule has 8 heteroatoms. The third-order valence-corrected chi connectivity index (χ3v) is 6.38. The van der Waals surface area contributed by atoms with Crippen molar-refractivity contribution in [2.75, 3.05) is 13.1 Å². The van der Waals surface area contributed by atoms with E-state index in [0.717, 1.165) is 49.2 Å². The van der Waals surface area contributed by atoms with E-state index in [0.29, 0.717) is 36.0 Å². The first-order chi connectivity index (χ1) is 15.8. The second-order valence-corrected chi connectivity index (χ2v) is 9.14. The highest BCUT2D eigenvalue weighted by molar-refractivity contribution is 5.93. The van der Waals surface area contributed by atoms with E-state index in [2.05, 4.69) is 34.4 Å². The molecule has 33 heavy (non-hydrogen) atoms. The standard InChI is InChI=1S/C25H32N6O2/c1-16(2)25-29-20-9-4-5-10-21(20)31(25)13-7-11-22(32)30-12-6-8-18(15-30)24-27-14-19(23(26)33)17(3)28-24/h4-5,9-10,14,16,18H,6-8,11-13,15H2,1-3H3,(H2,26,33). The molecule has 0 bridgehead atoms. The van der Waals surface area contributed by atoms with E-state index in [1.54, 1.807) is 6.92 Å². The Morgan fingerprint density at radius 1 is 1.21 bits per heavy atom. The van der Waals surface area contributed by atoms with Crippen LogP contribution in [0.4, 0.5) is 0 Å². The molecule has 2 N–H and O–H groups in total. The predicted octanol–water partition coefficient (Wildman–Crippen LogP) is 3.54. The summed E-state index contributed by atoms with van der Waals surface area (Å²) in [6, 6.07) is 8.17. The number of primary amides is 1. The highest BCUT2D eigenvalue weighted by Crippen LogP contribution is 2.26. The molecule has 3 aromatic rings. The summed E-state index contributed by atoms with van der Waals surface area (Å²) < 4.78 is 2.25. The average molecular weight is 449 g/mol. The third-order valence-electron chi connectivity index (χ3n) is 6.38. The number of aromatic nitrogens is 4. The molecular formula is C25H32N6O2. The molecule has 1 atom stereocenters. The summed E-state index contributed by atoms with van der Waals surface area (Å²) in [4.78, 5) is 40.0. The van der Waals surface area contributed by atoms with Crippen molar-refractivity contribution in [3.8, 4) is 0 Å². The molecule has 2 aromatic heterocycles. The van der Waals surface area contributed by atoms with E-state index in [1.165, 1.54) is 6.20 Å². The number of hydrogen-bond donors (Lipinski definition) is 1. The molecule has 2 amide bonds. The Morgan fingerprint density at radius 3 is 2.73 bits per heavy atom. The van der Waals surface area contributed by atoms with E-state index in [-0.39, 0.29) is 11.8 Å². The highest BCUT2D eigenvalue weighted by Gasteiger charge is 2.27. The van der Waals surface area contributed by atoms with E-state index in [9.17, 15) is 9.59 Å².